The number of rotatable bonds is 6. The van der Waals surface area contributed by atoms with Crippen molar-refractivity contribution in [3.63, 3.8) is 0 Å². The van der Waals surface area contributed by atoms with Gasteiger partial charge in [0.25, 0.3) is 0 Å². The largest absolute Gasteiger partial charge is 0.469 e. The van der Waals surface area contributed by atoms with Crippen molar-refractivity contribution in [2.45, 2.75) is 26.3 Å². The lowest BCUT2D eigenvalue weighted by Gasteiger charge is -2.34. The zero-order valence-corrected chi connectivity index (χ0v) is 12.1. The van der Waals surface area contributed by atoms with Gasteiger partial charge >= 0.3 is 5.97 Å². The Kier molecular flexibility index (Phi) is 6.80. The van der Waals surface area contributed by atoms with Gasteiger partial charge in [0.05, 0.1) is 20.1 Å². The van der Waals surface area contributed by atoms with Crippen LogP contribution in [0.25, 0.3) is 0 Å². The van der Waals surface area contributed by atoms with Crippen molar-refractivity contribution >= 4 is 11.9 Å². The van der Waals surface area contributed by atoms with Crippen LogP contribution in [0.1, 0.15) is 20.3 Å². The molecule has 0 bridgehead atoms. The summed E-state index contributed by atoms with van der Waals surface area (Å²) in [6.07, 6.45) is 0.435. The first-order valence-corrected chi connectivity index (χ1v) is 6.82. The van der Waals surface area contributed by atoms with E-state index in [-0.39, 0.29) is 17.9 Å². The average molecular weight is 271 g/mol. The van der Waals surface area contributed by atoms with Crippen LogP contribution in [0.15, 0.2) is 0 Å². The summed E-state index contributed by atoms with van der Waals surface area (Å²) < 4.78 is 4.62. The molecule has 6 heteroatoms. The fourth-order valence-electron chi connectivity index (χ4n) is 2.09. The van der Waals surface area contributed by atoms with Gasteiger partial charge in [-0.1, -0.05) is 0 Å². The number of methoxy groups -OCH3 is 1. The predicted molar refractivity (Wildman–Crippen MR) is 72.8 cm³/mol. The fourth-order valence-corrected chi connectivity index (χ4v) is 2.09. The van der Waals surface area contributed by atoms with Crippen molar-refractivity contribution in [3.05, 3.63) is 0 Å². The molecule has 0 unspecified atom stereocenters. The van der Waals surface area contributed by atoms with Crippen LogP contribution in [-0.2, 0) is 14.3 Å². The summed E-state index contributed by atoms with van der Waals surface area (Å²) in [7, 11) is 1.41. The predicted octanol–water partition coefficient (Wildman–Crippen LogP) is -0.308. The van der Waals surface area contributed by atoms with Crippen LogP contribution in [0, 0.1) is 0 Å². The van der Waals surface area contributed by atoms with E-state index in [4.69, 9.17) is 0 Å². The van der Waals surface area contributed by atoms with E-state index in [0.29, 0.717) is 13.0 Å². The molecule has 0 aliphatic carbocycles. The molecule has 0 aromatic carbocycles. The van der Waals surface area contributed by atoms with E-state index in [9.17, 15) is 9.59 Å². The normalized spacial score (nSPS) is 17.5. The highest BCUT2D eigenvalue weighted by Gasteiger charge is 2.19. The van der Waals surface area contributed by atoms with E-state index in [0.717, 1.165) is 32.7 Å². The lowest BCUT2D eigenvalue weighted by atomic mass is 10.3. The van der Waals surface area contributed by atoms with Crippen LogP contribution < -0.4 is 5.32 Å². The molecule has 1 rings (SSSR count). The van der Waals surface area contributed by atoms with E-state index >= 15 is 0 Å². The van der Waals surface area contributed by atoms with E-state index in [1.54, 1.807) is 0 Å². The summed E-state index contributed by atoms with van der Waals surface area (Å²) in [5, 5.41) is 2.89. The number of amides is 1. The Hall–Kier alpha value is -1.14. The van der Waals surface area contributed by atoms with Gasteiger partial charge in [-0.05, 0) is 13.8 Å². The van der Waals surface area contributed by atoms with E-state index in [1.807, 2.05) is 13.8 Å². The molecule has 1 saturated heterocycles. The second kappa shape index (κ2) is 8.12. The maximum atomic E-state index is 11.6. The number of carbonyl (C=O) groups excluding carboxylic acids is 2. The molecule has 0 aromatic heterocycles. The Morgan fingerprint density at radius 3 is 2.26 bits per heavy atom. The Bertz CT molecular complexity index is 300. The smallest absolute Gasteiger partial charge is 0.306 e. The molecule has 1 fully saturated rings. The molecule has 1 N–H and O–H groups in total. The van der Waals surface area contributed by atoms with Gasteiger partial charge in [0.2, 0.25) is 5.91 Å². The number of nitrogens with one attached hydrogen (secondary N) is 1. The number of esters is 1. The van der Waals surface area contributed by atoms with Gasteiger partial charge in [0.15, 0.2) is 0 Å². The quantitative estimate of drug-likeness (QED) is 0.672. The number of piperazine rings is 1. The Morgan fingerprint density at radius 2 is 1.74 bits per heavy atom. The molecule has 1 aliphatic heterocycles. The highest BCUT2D eigenvalue weighted by molar-refractivity contribution is 5.78. The number of ether oxygens (including phenoxy) is 1. The standard InChI is InChI=1S/C13H25N3O3/c1-11(2)14-12(17)10-16-8-6-15(7-9-16)5-4-13(18)19-3/h11H,4-10H2,1-3H3,(H,14,17). The Labute approximate surface area is 115 Å². The molecule has 0 atom stereocenters. The van der Waals surface area contributed by atoms with Crippen LogP contribution >= 0.6 is 0 Å². The molecule has 1 heterocycles. The maximum Gasteiger partial charge on any atom is 0.306 e. The van der Waals surface area contributed by atoms with Crippen LogP contribution in [0.5, 0.6) is 0 Å². The van der Waals surface area contributed by atoms with Crippen LogP contribution in [0.4, 0.5) is 0 Å². The Morgan fingerprint density at radius 1 is 1.16 bits per heavy atom. The van der Waals surface area contributed by atoms with E-state index < -0.39 is 0 Å². The highest BCUT2D eigenvalue weighted by atomic mass is 16.5. The third-order valence-corrected chi connectivity index (χ3v) is 3.14. The molecule has 110 valence electrons. The summed E-state index contributed by atoms with van der Waals surface area (Å²) >= 11 is 0. The van der Waals surface area contributed by atoms with Crippen LogP contribution in [0.2, 0.25) is 0 Å². The molecule has 0 aromatic rings. The summed E-state index contributed by atoms with van der Waals surface area (Å²) in [4.78, 5) is 27.1. The van der Waals surface area contributed by atoms with Crippen molar-refractivity contribution in [1.29, 1.82) is 0 Å². The summed E-state index contributed by atoms with van der Waals surface area (Å²) in [5.74, 6) is -0.0863. The second-order valence-corrected chi connectivity index (χ2v) is 5.17. The van der Waals surface area contributed by atoms with Gasteiger partial charge in [-0.3, -0.25) is 14.5 Å². The third kappa shape index (κ3) is 6.54. The zero-order chi connectivity index (χ0) is 14.3. The van der Waals surface area contributed by atoms with Gasteiger partial charge in [0.1, 0.15) is 0 Å². The number of hydrogen-bond acceptors (Lipinski definition) is 5. The molecular formula is C13H25N3O3. The molecule has 0 spiro atoms. The molecule has 6 nitrogen and oxygen atoms in total. The second-order valence-electron chi connectivity index (χ2n) is 5.17. The summed E-state index contributed by atoms with van der Waals surface area (Å²) in [6, 6.07) is 0.189. The first-order valence-electron chi connectivity index (χ1n) is 6.82. The molecular weight excluding hydrogens is 246 g/mol. The van der Waals surface area contributed by atoms with Gasteiger partial charge in [-0.15, -0.1) is 0 Å². The van der Waals surface area contributed by atoms with Crippen molar-refractivity contribution in [3.8, 4) is 0 Å². The fraction of sp³-hybridized carbons (Fsp3) is 0.846. The summed E-state index contributed by atoms with van der Waals surface area (Å²) in [6.45, 7) is 8.64. The topological polar surface area (TPSA) is 61.9 Å². The van der Waals surface area contributed by atoms with Crippen molar-refractivity contribution < 1.29 is 14.3 Å². The third-order valence-electron chi connectivity index (χ3n) is 3.14. The van der Waals surface area contributed by atoms with E-state index in [2.05, 4.69) is 19.9 Å². The minimum Gasteiger partial charge on any atom is -0.469 e. The van der Waals surface area contributed by atoms with Crippen LogP contribution in [-0.4, -0.2) is 74.1 Å². The van der Waals surface area contributed by atoms with Crippen molar-refractivity contribution in [2.75, 3.05) is 46.4 Å². The minimum atomic E-state index is -0.168. The van der Waals surface area contributed by atoms with Crippen LogP contribution in [0.3, 0.4) is 0 Å². The average Bonchev–Trinajstić information content (AvgIpc) is 2.36. The van der Waals surface area contributed by atoms with Gasteiger partial charge < -0.3 is 15.0 Å². The first-order chi connectivity index (χ1) is 9.01. The SMILES string of the molecule is COC(=O)CCN1CCN(CC(=O)NC(C)C)CC1. The summed E-state index contributed by atoms with van der Waals surface area (Å²) in [5.41, 5.74) is 0. The lowest BCUT2D eigenvalue weighted by molar-refractivity contribution is -0.141. The van der Waals surface area contributed by atoms with Crippen molar-refractivity contribution in [1.82, 2.24) is 15.1 Å². The van der Waals surface area contributed by atoms with Gasteiger partial charge in [0, 0.05) is 38.8 Å². The number of nitrogens with zero attached hydrogens (tertiary/aromatic N) is 2. The number of carbonyl (C=O) groups is 2. The minimum absolute atomic E-state index is 0.0815. The van der Waals surface area contributed by atoms with Crippen molar-refractivity contribution in [2.24, 2.45) is 0 Å². The van der Waals surface area contributed by atoms with Gasteiger partial charge in [-0.25, -0.2) is 0 Å². The molecule has 1 aliphatic rings. The number of hydrogen-bond donors (Lipinski definition) is 1. The highest BCUT2D eigenvalue weighted by Crippen LogP contribution is 2.02. The van der Waals surface area contributed by atoms with Gasteiger partial charge in [-0.2, -0.15) is 0 Å². The van der Waals surface area contributed by atoms with E-state index in [1.165, 1.54) is 7.11 Å². The maximum absolute atomic E-state index is 11.6. The molecule has 19 heavy (non-hydrogen) atoms. The molecule has 0 radical (unpaired) electrons. The Balaban J connectivity index is 2.18. The monoisotopic (exact) mass is 271 g/mol. The first kappa shape index (κ1) is 15.9. The zero-order valence-electron chi connectivity index (χ0n) is 12.1. The molecule has 1 amide bonds. The molecule has 0 saturated carbocycles. The lowest BCUT2D eigenvalue weighted by Crippen LogP contribution is -2.50.